The quantitative estimate of drug-likeness (QED) is 0.364. The van der Waals surface area contributed by atoms with Crippen LogP contribution in [-0.2, 0) is 0 Å². The highest BCUT2D eigenvalue weighted by Crippen LogP contribution is 2.30. The van der Waals surface area contributed by atoms with Gasteiger partial charge in [0.2, 0.25) is 0 Å². The van der Waals surface area contributed by atoms with Crippen molar-refractivity contribution in [3.63, 3.8) is 0 Å². The van der Waals surface area contributed by atoms with Gasteiger partial charge in [-0.05, 0) is 81.0 Å². The summed E-state index contributed by atoms with van der Waals surface area (Å²) in [5.41, 5.74) is 6.12. The van der Waals surface area contributed by atoms with Crippen LogP contribution in [-0.4, -0.2) is 32.8 Å². The number of fused-ring (bicyclic) bond motifs is 1. The van der Waals surface area contributed by atoms with Crippen molar-refractivity contribution < 1.29 is 4.79 Å². The summed E-state index contributed by atoms with van der Waals surface area (Å²) in [7, 11) is 0. The number of hydrogen-bond acceptors (Lipinski definition) is 4. The van der Waals surface area contributed by atoms with Gasteiger partial charge in [0.15, 0.2) is 0 Å². The van der Waals surface area contributed by atoms with Gasteiger partial charge < -0.3 is 10.6 Å². The van der Waals surface area contributed by atoms with Crippen molar-refractivity contribution in [3.8, 4) is 5.69 Å². The Morgan fingerprint density at radius 2 is 1.80 bits per heavy atom. The fraction of sp³-hybridized carbons (Fsp3) is 0.345. The largest absolute Gasteiger partial charge is 0.382 e. The summed E-state index contributed by atoms with van der Waals surface area (Å²) in [6, 6.07) is 18.7. The molecule has 1 fully saturated rings. The molecule has 1 aliphatic rings. The minimum atomic E-state index is -0.0207. The van der Waals surface area contributed by atoms with Crippen LogP contribution in [0.5, 0.6) is 0 Å². The van der Waals surface area contributed by atoms with Crippen molar-refractivity contribution >= 4 is 22.5 Å². The lowest BCUT2D eigenvalue weighted by Crippen LogP contribution is -2.40. The molecule has 2 aromatic carbocycles. The van der Waals surface area contributed by atoms with Crippen LogP contribution in [0.2, 0.25) is 0 Å². The molecule has 4 aromatic rings. The predicted molar refractivity (Wildman–Crippen MR) is 141 cm³/mol. The Labute approximate surface area is 206 Å². The van der Waals surface area contributed by atoms with Crippen molar-refractivity contribution in [2.45, 2.75) is 64.5 Å². The van der Waals surface area contributed by atoms with E-state index in [4.69, 9.17) is 4.98 Å². The van der Waals surface area contributed by atoms with Gasteiger partial charge in [0.25, 0.3) is 5.91 Å². The van der Waals surface area contributed by atoms with Gasteiger partial charge in [0, 0.05) is 46.8 Å². The van der Waals surface area contributed by atoms with Crippen molar-refractivity contribution in [3.05, 3.63) is 83.8 Å². The Balaban J connectivity index is 1.23. The van der Waals surface area contributed by atoms with E-state index in [0.29, 0.717) is 17.5 Å². The van der Waals surface area contributed by atoms with Gasteiger partial charge in [-0.15, -0.1) is 0 Å². The molecule has 6 nitrogen and oxygen atoms in total. The second kappa shape index (κ2) is 9.90. The van der Waals surface area contributed by atoms with Crippen LogP contribution >= 0.6 is 0 Å². The van der Waals surface area contributed by atoms with Crippen LogP contribution in [0.4, 0.5) is 5.69 Å². The van der Waals surface area contributed by atoms with Crippen molar-refractivity contribution in [2.75, 3.05) is 5.32 Å². The van der Waals surface area contributed by atoms with Crippen LogP contribution in [0.1, 0.15) is 67.1 Å². The molecule has 0 unspecified atom stereocenters. The van der Waals surface area contributed by atoms with E-state index >= 15 is 0 Å². The molecule has 5 rings (SSSR count). The fourth-order valence-electron chi connectivity index (χ4n) is 4.86. The number of rotatable bonds is 6. The molecule has 0 bridgehead atoms. The van der Waals surface area contributed by atoms with Gasteiger partial charge in [0.05, 0.1) is 11.2 Å². The molecular weight excluding hydrogens is 434 g/mol. The van der Waals surface area contributed by atoms with Crippen LogP contribution in [0.3, 0.4) is 0 Å². The summed E-state index contributed by atoms with van der Waals surface area (Å²) in [4.78, 5) is 17.8. The van der Waals surface area contributed by atoms with E-state index in [0.717, 1.165) is 42.6 Å². The Kier molecular flexibility index (Phi) is 6.53. The molecule has 0 atom stereocenters. The lowest BCUT2D eigenvalue weighted by Gasteiger charge is -2.31. The van der Waals surface area contributed by atoms with Crippen molar-refractivity contribution in [1.29, 1.82) is 0 Å². The first-order chi connectivity index (χ1) is 17.0. The van der Waals surface area contributed by atoms with E-state index in [1.165, 1.54) is 16.6 Å². The summed E-state index contributed by atoms with van der Waals surface area (Å²) in [5.74, 6) is 0.353. The highest BCUT2D eigenvalue weighted by molar-refractivity contribution is 5.95. The smallest absolute Gasteiger partial charge is 0.251 e. The maximum atomic E-state index is 12.9. The molecule has 6 heteroatoms. The molecule has 0 aliphatic heterocycles. The maximum absolute atomic E-state index is 12.9. The summed E-state index contributed by atoms with van der Waals surface area (Å²) >= 11 is 0. The number of aryl methyl sites for hydroxylation is 1. The third-order valence-corrected chi connectivity index (χ3v) is 6.87. The number of nitrogens with one attached hydrogen (secondary N) is 2. The highest BCUT2D eigenvalue weighted by Gasteiger charge is 2.24. The van der Waals surface area contributed by atoms with Crippen molar-refractivity contribution in [2.24, 2.45) is 0 Å². The van der Waals surface area contributed by atoms with Crippen LogP contribution in [0.15, 0.2) is 67.0 Å². The van der Waals surface area contributed by atoms with Crippen molar-refractivity contribution in [1.82, 2.24) is 20.1 Å². The molecule has 0 radical (unpaired) electrons. The number of nitrogens with zero attached hydrogens (tertiary/aromatic N) is 3. The number of carbonyl (C=O) groups is 1. The zero-order chi connectivity index (χ0) is 24.4. The molecule has 1 saturated carbocycles. The molecule has 2 heterocycles. The molecule has 2 N–H and O–H groups in total. The minimum absolute atomic E-state index is 0.0207. The van der Waals surface area contributed by atoms with Crippen LogP contribution < -0.4 is 10.6 Å². The monoisotopic (exact) mass is 467 g/mol. The molecule has 0 spiro atoms. The Hall–Kier alpha value is -3.67. The lowest BCUT2D eigenvalue weighted by molar-refractivity contribution is 0.0926. The Morgan fingerprint density at radius 1 is 1.00 bits per heavy atom. The molecule has 35 heavy (non-hydrogen) atoms. The van der Waals surface area contributed by atoms with E-state index in [2.05, 4.69) is 60.8 Å². The third kappa shape index (κ3) is 5.21. The molecule has 2 aromatic heterocycles. The predicted octanol–water partition coefficient (Wildman–Crippen LogP) is 6.01. The number of benzene rings is 2. The number of hydrogen-bond donors (Lipinski definition) is 2. The summed E-state index contributed by atoms with van der Waals surface area (Å²) in [6.45, 7) is 6.49. The molecule has 1 aliphatic carbocycles. The van der Waals surface area contributed by atoms with Gasteiger partial charge in [-0.1, -0.05) is 31.5 Å². The van der Waals surface area contributed by atoms with Gasteiger partial charge in [-0.3, -0.25) is 9.78 Å². The number of aromatic nitrogens is 3. The third-order valence-electron chi connectivity index (χ3n) is 6.87. The topological polar surface area (TPSA) is 71.8 Å². The molecule has 180 valence electrons. The van der Waals surface area contributed by atoms with Crippen LogP contribution in [0, 0.1) is 6.92 Å². The second-order valence-corrected chi connectivity index (χ2v) is 9.94. The first-order valence-electron chi connectivity index (χ1n) is 12.5. The van der Waals surface area contributed by atoms with Gasteiger partial charge in [-0.2, -0.15) is 5.10 Å². The summed E-state index contributed by atoms with van der Waals surface area (Å²) in [6.07, 6.45) is 7.57. The van der Waals surface area contributed by atoms with E-state index in [9.17, 15) is 4.79 Å². The SMILES string of the molecule is Cc1ccc2nc(C(C)C)cc(NC3CCC(NC(=O)c4cccc(-n5cccn5)c4)CC3)c2c1. The molecule has 1 amide bonds. The first-order valence-corrected chi connectivity index (χ1v) is 12.5. The van der Waals surface area contributed by atoms with E-state index in [-0.39, 0.29) is 11.9 Å². The standard InChI is InChI=1S/C29H33N5O/c1-19(2)27-18-28(25-16-20(3)8-13-26(25)33-27)31-22-9-11-23(12-10-22)32-29(35)21-6-4-7-24(17-21)34-15-5-14-30-34/h4-8,13-19,22-23H,9-12H2,1-3H3,(H,31,33)(H,32,35). The average Bonchev–Trinajstić information content (AvgIpc) is 3.40. The Morgan fingerprint density at radius 3 is 2.54 bits per heavy atom. The van der Waals surface area contributed by atoms with E-state index in [1.54, 1.807) is 10.9 Å². The van der Waals surface area contributed by atoms with E-state index < -0.39 is 0 Å². The first kappa shape index (κ1) is 23.1. The van der Waals surface area contributed by atoms with Gasteiger partial charge in [0.1, 0.15) is 0 Å². The zero-order valence-corrected chi connectivity index (χ0v) is 20.7. The maximum Gasteiger partial charge on any atom is 0.251 e. The average molecular weight is 468 g/mol. The lowest BCUT2D eigenvalue weighted by atomic mass is 9.90. The normalized spacial score (nSPS) is 18.1. The molecular formula is C29H33N5O. The second-order valence-electron chi connectivity index (χ2n) is 9.94. The summed E-state index contributed by atoms with van der Waals surface area (Å²) in [5, 5.41) is 12.5. The number of amides is 1. The van der Waals surface area contributed by atoms with Gasteiger partial charge in [-0.25, -0.2) is 4.68 Å². The molecule has 0 saturated heterocycles. The highest BCUT2D eigenvalue weighted by atomic mass is 16.1. The number of carbonyl (C=O) groups excluding carboxylic acids is 1. The fourth-order valence-corrected chi connectivity index (χ4v) is 4.86. The Bertz CT molecular complexity index is 1320. The van der Waals surface area contributed by atoms with Gasteiger partial charge >= 0.3 is 0 Å². The number of pyridine rings is 1. The summed E-state index contributed by atoms with van der Waals surface area (Å²) < 4.78 is 1.77. The zero-order valence-electron chi connectivity index (χ0n) is 20.7. The van der Waals surface area contributed by atoms with E-state index in [1.807, 2.05) is 36.5 Å². The van der Waals surface area contributed by atoms with Crippen LogP contribution in [0.25, 0.3) is 16.6 Å². The minimum Gasteiger partial charge on any atom is -0.382 e. The number of anilines is 1.